The Morgan fingerprint density at radius 1 is 1.45 bits per heavy atom. The molecule has 0 unspecified atom stereocenters. The van der Waals surface area contributed by atoms with Crippen molar-refractivity contribution in [1.29, 1.82) is 0 Å². The number of aliphatic hydroxyl groups excluding tert-OH is 1. The molecule has 1 aromatic rings. The van der Waals surface area contributed by atoms with Gasteiger partial charge in [-0.2, -0.15) is 0 Å². The lowest BCUT2D eigenvalue weighted by Gasteiger charge is -2.34. The van der Waals surface area contributed by atoms with Crippen LogP contribution >= 0.6 is 0 Å². The average Bonchev–Trinajstić information content (AvgIpc) is 2.93. The normalized spacial score (nSPS) is 16.3. The molecule has 0 aliphatic heterocycles. The molecule has 20 heavy (non-hydrogen) atoms. The van der Waals surface area contributed by atoms with Crippen LogP contribution in [0.15, 0.2) is 6.20 Å². The van der Waals surface area contributed by atoms with Crippen molar-refractivity contribution in [1.82, 2.24) is 19.9 Å². The van der Waals surface area contributed by atoms with Gasteiger partial charge in [-0.05, 0) is 12.8 Å². The van der Waals surface area contributed by atoms with E-state index in [0.717, 1.165) is 25.7 Å². The van der Waals surface area contributed by atoms with Gasteiger partial charge in [0.2, 0.25) is 5.91 Å². The van der Waals surface area contributed by atoms with E-state index >= 15 is 0 Å². The fraction of sp³-hybridized carbons (Fsp3) is 0.769. The van der Waals surface area contributed by atoms with Crippen molar-refractivity contribution in [2.24, 2.45) is 5.73 Å². The topological polar surface area (TPSA) is 97.3 Å². The Labute approximate surface area is 118 Å². The van der Waals surface area contributed by atoms with Gasteiger partial charge in [0.25, 0.3) is 0 Å². The van der Waals surface area contributed by atoms with Crippen LogP contribution in [0.4, 0.5) is 0 Å². The van der Waals surface area contributed by atoms with Crippen LogP contribution in [-0.4, -0.2) is 50.1 Å². The van der Waals surface area contributed by atoms with E-state index in [2.05, 4.69) is 10.3 Å². The van der Waals surface area contributed by atoms with Gasteiger partial charge in [-0.15, -0.1) is 5.10 Å². The minimum Gasteiger partial charge on any atom is -0.395 e. The van der Waals surface area contributed by atoms with Gasteiger partial charge in [0.05, 0.1) is 18.5 Å². The second-order valence-corrected chi connectivity index (χ2v) is 5.21. The Bertz CT molecular complexity index is 428. The second-order valence-electron chi connectivity index (χ2n) is 5.21. The third-order valence-electron chi connectivity index (χ3n) is 3.77. The van der Waals surface area contributed by atoms with E-state index in [9.17, 15) is 9.90 Å². The second kappa shape index (κ2) is 7.35. The van der Waals surface area contributed by atoms with Gasteiger partial charge < -0.3 is 15.7 Å². The summed E-state index contributed by atoms with van der Waals surface area (Å²) in [7, 11) is 0. The van der Waals surface area contributed by atoms with Crippen LogP contribution in [0.5, 0.6) is 0 Å². The number of carbonyl (C=O) groups is 1. The summed E-state index contributed by atoms with van der Waals surface area (Å²) in [5.74, 6) is -0.0144. The number of nitrogens with two attached hydrogens (primary N) is 1. The van der Waals surface area contributed by atoms with Crippen molar-refractivity contribution in [3.8, 4) is 0 Å². The third-order valence-corrected chi connectivity index (χ3v) is 3.77. The minimum atomic E-state index is -0.0144. The molecule has 3 N–H and O–H groups in total. The Morgan fingerprint density at radius 2 is 2.20 bits per heavy atom. The molecule has 0 spiro atoms. The first kappa shape index (κ1) is 14.9. The zero-order valence-corrected chi connectivity index (χ0v) is 11.7. The molecule has 2 rings (SSSR count). The maximum Gasteiger partial charge on any atom is 0.244 e. The highest BCUT2D eigenvalue weighted by Crippen LogP contribution is 2.22. The summed E-state index contributed by atoms with van der Waals surface area (Å²) in [5.41, 5.74) is 6.14. The molecule has 1 saturated carbocycles. The van der Waals surface area contributed by atoms with E-state index in [0.29, 0.717) is 18.8 Å². The van der Waals surface area contributed by atoms with Crippen LogP contribution in [0.2, 0.25) is 0 Å². The van der Waals surface area contributed by atoms with Gasteiger partial charge in [-0.25, -0.2) is 4.68 Å². The van der Waals surface area contributed by atoms with Crippen molar-refractivity contribution < 1.29 is 9.90 Å². The van der Waals surface area contributed by atoms with Crippen LogP contribution in [0.1, 0.15) is 37.8 Å². The first-order valence-electron chi connectivity index (χ1n) is 7.24. The highest BCUT2D eigenvalue weighted by atomic mass is 16.3. The van der Waals surface area contributed by atoms with Crippen molar-refractivity contribution in [3.05, 3.63) is 11.9 Å². The number of nitrogens with zero attached hydrogens (tertiary/aromatic N) is 4. The molecular weight excluding hydrogens is 258 g/mol. The van der Waals surface area contributed by atoms with Gasteiger partial charge in [-0.1, -0.05) is 24.5 Å². The van der Waals surface area contributed by atoms with Crippen molar-refractivity contribution in [2.75, 3.05) is 13.2 Å². The largest absolute Gasteiger partial charge is 0.395 e. The molecule has 1 heterocycles. The smallest absolute Gasteiger partial charge is 0.244 e. The summed E-state index contributed by atoms with van der Waals surface area (Å²) in [4.78, 5) is 14.2. The van der Waals surface area contributed by atoms with Crippen LogP contribution in [-0.2, 0) is 17.9 Å². The number of hydrogen-bond donors (Lipinski definition) is 2. The molecule has 7 heteroatoms. The zero-order chi connectivity index (χ0) is 14.4. The maximum absolute atomic E-state index is 12.4. The number of hydrogen-bond acceptors (Lipinski definition) is 5. The summed E-state index contributed by atoms with van der Waals surface area (Å²) in [6.07, 6.45) is 7.28. The molecule has 0 saturated heterocycles. The molecule has 112 valence electrons. The number of aromatic nitrogens is 3. The molecule has 0 aromatic carbocycles. The lowest BCUT2D eigenvalue weighted by atomic mass is 9.94. The average molecular weight is 281 g/mol. The predicted octanol–water partition coefficient (Wildman–Crippen LogP) is -0.110. The Morgan fingerprint density at radius 3 is 2.80 bits per heavy atom. The molecule has 1 aromatic heterocycles. The summed E-state index contributed by atoms with van der Waals surface area (Å²) < 4.78 is 1.51. The first-order valence-corrected chi connectivity index (χ1v) is 7.24. The number of rotatable bonds is 6. The van der Waals surface area contributed by atoms with E-state index in [4.69, 9.17) is 5.73 Å². The Kier molecular flexibility index (Phi) is 5.49. The maximum atomic E-state index is 12.4. The van der Waals surface area contributed by atoms with Crippen molar-refractivity contribution in [2.45, 2.75) is 51.2 Å². The van der Waals surface area contributed by atoms with Crippen molar-refractivity contribution in [3.63, 3.8) is 0 Å². The van der Waals surface area contributed by atoms with E-state index in [1.54, 1.807) is 11.1 Å². The van der Waals surface area contributed by atoms with Crippen LogP contribution in [0.25, 0.3) is 0 Å². The third kappa shape index (κ3) is 3.77. The number of aliphatic hydroxyl groups is 1. The molecule has 1 amide bonds. The van der Waals surface area contributed by atoms with Crippen LogP contribution < -0.4 is 5.73 Å². The monoisotopic (exact) mass is 281 g/mol. The van der Waals surface area contributed by atoms with Crippen LogP contribution in [0, 0.1) is 0 Å². The Balaban J connectivity index is 1.98. The lowest BCUT2D eigenvalue weighted by Crippen LogP contribution is -2.44. The number of amides is 1. The van der Waals surface area contributed by atoms with Crippen molar-refractivity contribution >= 4 is 5.91 Å². The van der Waals surface area contributed by atoms with Gasteiger partial charge in [-0.3, -0.25) is 4.79 Å². The molecule has 0 radical (unpaired) electrons. The summed E-state index contributed by atoms with van der Waals surface area (Å²) in [6.45, 7) is 0.857. The molecule has 7 nitrogen and oxygen atoms in total. The molecule has 1 aliphatic rings. The van der Waals surface area contributed by atoms with E-state index < -0.39 is 0 Å². The van der Waals surface area contributed by atoms with Gasteiger partial charge in [0.1, 0.15) is 6.54 Å². The highest BCUT2D eigenvalue weighted by molar-refractivity contribution is 5.76. The molecular formula is C13H23N5O2. The fourth-order valence-corrected chi connectivity index (χ4v) is 2.75. The van der Waals surface area contributed by atoms with E-state index in [1.807, 2.05) is 0 Å². The Hall–Kier alpha value is -1.47. The first-order chi connectivity index (χ1) is 9.74. The summed E-state index contributed by atoms with van der Waals surface area (Å²) in [5, 5.41) is 16.9. The predicted molar refractivity (Wildman–Crippen MR) is 73.6 cm³/mol. The van der Waals surface area contributed by atoms with E-state index in [-0.39, 0.29) is 25.1 Å². The minimum absolute atomic E-state index is 0.00630. The van der Waals surface area contributed by atoms with Gasteiger partial charge in [0, 0.05) is 19.1 Å². The van der Waals surface area contributed by atoms with E-state index in [1.165, 1.54) is 11.1 Å². The highest BCUT2D eigenvalue weighted by Gasteiger charge is 2.25. The lowest BCUT2D eigenvalue weighted by molar-refractivity contribution is -0.135. The fourth-order valence-electron chi connectivity index (χ4n) is 2.75. The van der Waals surface area contributed by atoms with Crippen LogP contribution in [0.3, 0.4) is 0 Å². The standard InChI is InChI=1S/C13H23N5O2/c14-8-11-9-17(16-15-11)10-13(20)18(6-7-19)12-4-2-1-3-5-12/h9,12,19H,1-8,10,14H2. The molecule has 1 fully saturated rings. The quantitative estimate of drug-likeness (QED) is 0.758. The summed E-state index contributed by atoms with van der Waals surface area (Å²) in [6, 6.07) is 0.251. The molecule has 0 atom stereocenters. The van der Waals surface area contributed by atoms with Gasteiger partial charge >= 0.3 is 0 Å². The zero-order valence-electron chi connectivity index (χ0n) is 11.7. The molecule has 0 bridgehead atoms. The van der Waals surface area contributed by atoms with Gasteiger partial charge in [0.15, 0.2) is 0 Å². The summed E-state index contributed by atoms with van der Waals surface area (Å²) >= 11 is 0. The molecule has 1 aliphatic carbocycles. The number of carbonyl (C=O) groups excluding carboxylic acids is 1. The SMILES string of the molecule is NCc1cn(CC(=O)N(CCO)C2CCCCC2)nn1.